The number of unbranched alkanes of at least 4 members (excludes halogenated alkanes) is 1. The van der Waals surface area contributed by atoms with E-state index < -0.39 is 12.6 Å². The lowest BCUT2D eigenvalue weighted by Gasteiger charge is -2.08. The molecule has 1 aromatic rings. The summed E-state index contributed by atoms with van der Waals surface area (Å²) < 4.78 is 35.8. The topological polar surface area (TPSA) is 80.0 Å². The molecule has 0 fully saturated rings. The molecule has 8 heteroatoms. The highest BCUT2D eigenvalue weighted by Gasteiger charge is 2.25. The summed E-state index contributed by atoms with van der Waals surface area (Å²) in [6.45, 7) is 1.91. The lowest BCUT2D eigenvalue weighted by atomic mass is 10.2. The number of hydrogen-bond donors (Lipinski definition) is 3. The Morgan fingerprint density at radius 2 is 2.05 bits per heavy atom. The van der Waals surface area contributed by atoms with Gasteiger partial charge in [0.15, 0.2) is 0 Å². The number of rotatable bonds is 6. The number of alkyl halides is 3. The standard InChI is InChI=1S/C12H17F3N4O/c1-8-6-9(7-10(18-8)19-16)11(20)17-5-3-2-4-12(13,14)15/h6-7H,2-5,16H2,1H3,(H,17,20)(H,18,19). The number of aromatic nitrogens is 1. The Bertz CT molecular complexity index is 463. The van der Waals surface area contributed by atoms with Gasteiger partial charge >= 0.3 is 6.18 Å². The predicted molar refractivity (Wildman–Crippen MR) is 69.0 cm³/mol. The van der Waals surface area contributed by atoms with Crippen LogP contribution in [0.1, 0.15) is 35.3 Å². The molecule has 0 atom stereocenters. The van der Waals surface area contributed by atoms with Crippen LogP contribution < -0.4 is 16.6 Å². The van der Waals surface area contributed by atoms with Gasteiger partial charge < -0.3 is 10.7 Å². The number of nitrogen functional groups attached to an aromatic ring is 1. The molecule has 0 radical (unpaired) electrons. The van der Waals surface area contributed by atoms with Crippen LogP contribution in [0.15, 0.2) is 12.1 Å². The Hall–Kier alpha value is -1.83. The number of aryl methyl sites for hydroxylation is 1. The van der Waals surface area contributed by atoms with Gasteiger partial charge in [-0.25, -0.2) is 10.8 Å². The first-order valence-electron chi connectivity index (χ1n) is 6.12. The second-order valence-corrected chi connectivity index (χ2v) is 4.35. The monoisotopic (exact) mass is 290 g/mol. The zero-order valence-corrected chi connectivity index (χ0v) is 11.0. The zero-order chi connectivity index (χ0) is 15.2. The van der Waals surface area contributed by atoms with Gasteiger partial charge in [0.25, 0.3) is 5.91 Å². The highest BCUT2D eigenvalue weighted by atomic mass is 19.4. The first-order valence-corrected chi connectivity index (χ1v) is 6.12. The first-order chi connectivity index (χ1) is 9.31. The minimum Gasteiger partial charge on any atom is -0.352 e. The van der Waals surface area contributed by atoms with Crippen LogP contribution in [0.3, 0.4) is 0 Å². The molecule has 0 aliphatic heterocycles. The summed E-state index contributed by atoms with van der Waals surface area (Å²) in [5, 5.41) is 2.56. The van der Waals surface area contributed by atoms with Crippen molar-refractivity contribution in [3.63, 3.8) is 0 Å². The fourth-order valence-electron chi connectivity index (χ4n) is 1.63. The van der Waals surface area contributed by atoms with Crippen LogP contribution in [-0.2, 0) is 0 Å². The largest absolute Gasteiger partial charge is 0.389 e. The molecule has 0 saturated carbocycles. The van der Waals surface area contributed by atoms with Crippen LogP contribution in [0.25, 0.3) is 0 Å². The normalized spacial score (nSPS) is 11.2. The number of anilines is 1. The summed E-state index contributed by atoms with van der Waals surface area (Å²) >= 11 is 0. The minimum absolute atomic E-state index is 0.00520. The first kappa shape index (κ1) is 16.2. The number of hydrogen-bond acceptors (Lipinski definition) is 4. The van der Waals surface area contributed by atoms with Gasteiger partial charge in [-0.05, 0) is 31.9 Å². The fraction of sp³-hybridized carbons (Fsp3) is 0.500. The third kappa shape index (κ3) is 5.87. The van der Waals surface area contributed by atoms with Gasteiger partial charge in [-0.1, -0.05) is 0 Å². The maximum atomic E-state index is 11.9. The number of halogens is 3. The van der Waals surface area contributed by atoms with E-state index in [1.165, 1.54) is 6.07 Å². The maximum Gasteiger partial charge on any atom is 0.389 e. The van der Waals surface area contributed by atoms with Gasteiger partial charge in [0.05, 0.1) is 0 Å². The highest BCUT2D eigenvalue weighted by molar-refractivity contribution is 5.94. The second-order valence-electron chi connectivity index (χ2n) is 4.35. The van der Waals surface area contributed by atoms with Gasteiger partial charge in [-0.3, -0.25) is 4.79 Å². The van der Waals surface area contributed by atoms with E-state index in [-0.39, 0.29) is 25.3 Å². The van der Waals surface area contributed by atoms with E-state index in [0.29, 0.717) is 17.1 Å². The molecular formula is C12H17F3N4O. The summed E-state index contributed by atoms with van der Waals surface area (Å²) in [7, 11) is 0. The zero-order valence-electron chi connectivity index (χ0n) is 11.0. The number of nitrogens with zero attached hydrogens (tertiary/aromatic N) is 1. The highest BCUT2D eigenvalue weighted by Crippen LogP contribution is 2.21. The summed E-state index contributed by atoms with van der Waals surface area (Å²) in [6, 6.07) is 3.05. The SMILES string of the molecule is Cc1cc(C(=O)NCCCCC(F)(F)F)cc(NN)n1. The Morgan fingerprint density at radius 1 is 1.35 bits per heavy atom. The molecule has 1 amide bonds. The van der Waals surface area contributed by atoms with Crippen molar-refractivity contribution >= 4 is 11.7 Å². The summed E-state index contributed by atoms with van der Waals surface area (Å²) in [5.74, 6) is 5.21. The van der Waals surface area contributed by atoms with Crippen LogP contribution in [-0.4, -0.2) is 23.6 Å². The molecule has 0 aromatic carbocycles. The van der Waals surface area contributed by atoms with E-state index in [1.807, 2.05) is 0 Å². The van der Waals surface area contributed by atoms with Crippen LogP contribution in [0.2, 0.25) is 0 Å². The average Bonchev–Trinajstić information content (AvgIpc) is 2.36. The Kier molecular flexibility index (Phi) is 5.75. The Labute approximate surface area is 114 Å². The third-order valence-electron chi connectivity index (χ3n) is 2.54. The van der Waals surface area contributed by atoms with E-state index >= 15 is 0 Å². The predicted octanol–water partition coefficient (Wildman–Crippen LogP) is 2.14. The second kappa shape index (κ2) is 7.09. The van der Waals surface area contributed by atoms with Gasteiger partial charge in [-0.2, -0.15) is 13.2 Å². The number of carbonyl (C=O) groups is 1. The smallest absolute Gasteiger partial charge is 0.352 e. The van der Waals surface area contributed by atoms with Crippen LogP contribution >= 0.6 is 0 Å². The molecule has 1 heterocycles. The van der Waals surface area contributed by atoms with E-state index in [4.69, 9.17) is 5.84 Å². The fourth-order valence-corrected chi connectivity index (χ4v) is 1.63. The molecule has 0 bridgehead atoms. The van der Waals surface area contributed by atoms with Crippen molar-refractivity contribution in [1.82, 2.24) is 10.3 Å². The summed E-state index contributed by atoms with van der Waals surface area (Å²) in [6.07, 6.45) is -4.71. The number of nitrogens with one attached hydrogen (secondary N) is 2. The average molecular weight is 290 g/mol. The van der Waals surface area contributed by atoms with Crippen molar-refractivity contribution in [3.05, 3.63) is 23.4 Å². The molecule has 0 unspecified atom stereocenters. The van der Waals surface area contributed by atoms with Crippen molar-refractivity contribution < 1.29 is 18.0 Å². The molecule has 0 spiro atoms. The van der Waals surface area contributed by atoms with Crippen molar-refractivity contribution in [2.45, 2.75) is 32.4 Å². The molecule has 0 saturated heterocycles. The maximum absolute atomic E-state index is 11.9. The molecule has 0 aliphatic carbocycles. The van der Waals surface area contributed by atoms with Gasteiger partial charge in [0.1, 0.15) is 5.82 Å². The molecule has 1 aromatic heterocycles. The number of carbonyl (C=O) groups excluding carboxylic acids is 1. The van der Waals surface area contributed by atoms with Crippen molar-refractivity contribution in [2.24, 2.45) is 5.84 Å². The van der Waals surface area contributed by atoms with E-state index in [0.717, 1.165) is 0 Å². The molecule has 4 N–H and O–H groups in total. The lowest BCUT2D eigenvalue weighted by Crippen LogP contribution is -2.25. The molecule has 1 rings (SSSR count). The van der Waals surface area contributed by atoms with E-state index in [2.05, 4.69) is 15.7 Å². The van der Waals surface area contributed by atoms with Gasteiger partial charge in [0, 0.05) is 24.2 Å². The van der Waals surface area contributed by atoms with Crippen molar-refractivity contribution in [2.75, 3.05) is 12.0 Å². The van der Waals surface area contributed by atoms with E-state index in [1.54, 1.807) is 13.0 Å². The molecule has 0 aliphatic rings. The summed E-state index contributed by atoms with van der Waals surface area (Å²) in [4.78, 5) is 15.8. The Balaban J connectivity index is 2.41. The van der Waals surface area contributed by atoms with Crippen molar-refractivity contribution in [3.8, 4) is 0 Å². The molecule has 5 nitrogen and oxygen atoms in total. The molecule has 20 heavy (non-hydrogen) atoms. The number of amides is 1. The number of hydrazine groups is 1. The Morgan fingerprint density at radius 3 is 2.65 bits per heavy atom. The van der Waals surface area contributed by atoms with Crippen LogP contribution in [0.5, 0.6) is 0 Å². The molecule has 112 valence electrons. The number of nitrogens with two attached hydrogens (primary N) is 1. The lowest BCUT2D eigenvalue weighted by molar-refractivity contribution is -0.135. The van der Waals surface area contributed by atoms with Gasteiger partial charge in [0.2, 0.25) is 0 Å². The minimum atomic E-state index is -4.14. The van der Waals surface area contributed by atoms with Crippen LogP contribution in [0, 0.1) is 6.92 Å². The summed E-state index contributed by atoms with van der Waals surface area (Å²) in [5.41, 5.74) is 3.32. The molecular weight excluding hydrogens is 273 g/mol. The van der Waals surface area contributed by atoms with E-state index in [9.17, 15) is 18.0 Å². The van der Waals surface area contributed by atoms with Gasteiger partial charge in [-0.15, -0.1) is 0 Å². The van der Waals surface area contributed by atoms with Crippen molar-refractivity contribution in [1.29, 1.82) is 0 Å². The quantitative estimate of drug-likeness (QED) is 0.426. The third-order valence-corrected chi connectivity index (χ3v) is 2.54. The number of pyridine rings is 1. The van der Waals surface area contributed by atoms with Crippen LogP contribution in [0.4, 0.5) is 19.0 Å².